The third-order valence-electron chi connectivity index (χ3n) is 3.95. The van der Waals surface area contributed by atoms with Crippen LogP contribution < -0.4 is 0 Å². The number of hydrogen-bond donors (Lipinski definition) is 0. The zero-order valence-electron chi connectivity index (χ0n) is 13.8. The minimum atomic E-state index is 0.617. The van der Waals surface area contributed by atoms with Gasteiger partial charge in [-0.3, -0.25) is 0 Å². The van der Waals surface area contributed by atoms with Gasteiger partial charge >= 0.3 is 0 Å². The van der Waals surface area contributed by atoms with E-state index < -0.39 is 0 Å². The van der Waals surface area contributed by atoms with Crippen molar-refractivity contribution < 1.29 is 0 Å². The van der Waals surface area contributed by atoms with Crippen molar-refractivity contribution in [1.82, 2.24) is 0 Å². The summed E-state index contributed by atoms with van der Waals surface area (Å²) in [5.41, 5.74) is 2.70. The van der Waals surface area contributed by atoms with Crippen LogP contribution in [0.25, 0.3) is 0 Å². The Hall–Kier alpha value is -0.520. The van der Waals surface area contributed by atoms with Crippen LogP contribution in [0.5, 0.6) is 0 Å². The molecule has 0 N–H and O–H groups in total. The van der Waals surface area contributed by atoms with Crippen molar-refractivity contribution in [1.29, 1.82) is 0 Å². The van der Waals surface area contributed by atoms with Gasteiger partial charge in [-0.25, -0.2) is 0 Å². The predicted octanol–water partition coefficient (Wildman–Crippen LogP) is 7.07. The fraction of sp³-hybridized carbons (Fsp3) is 0.789. The van der Waals surface area contributed by atoms with E-state index in [0.717, 1.165) is 6.42 Å². The molecule has 0 rings (SSSR count). The molecule has 0 fully saturated rings. The molecule has 0 spiro atoms. The van der Waals surface area contributed by atoms with Crippen molar-refractivity contribution in [2.24, 2.45) is 5.92 Å². The van der Waals surface area contributed by atoms with E-state index in [0.29, 0.717) is 5.92 Å². The summed E-state index contributed by atoms with van der Waals surface area (Å²) in [4.78, 5) is 0. The van der Waals surface area contributed by atoms with Crippen LogP contribution >= 0.6 is 0 Å². The zero-order chi connectivity index (χ0) is 14.5. The van der Waals surface area contributed by atoms with Crippen LogP contribution in [0.1, 0.15) is 91.4 Å². The molecule has 0 aromatic rings. The molecule has 0 saturated heterocycles. The fourth-order valence-corrected chi connectivity index (χ4v) is 2.58. The molecule has 19 heavy (non-hydrogen) atoms. The molecule has 0 amide bonds. The Morgan fingerprint density at radius 1 is 0.842 bits per heavy atom. The standard InChI is InChI=1S/C19H36/c1-6-7-8-9-10-11-12-13-14-15-18(4)19(5)16-17(2)3/h19H,2,4,6-16H2,1,3,5H3. The second-order valence-electron chi connectivity index (χ2n) is 6.30. The highest BCUT2D eigenvalue weighted by Crippen LogP contribution is 2.22. The van der Waals surface area contributed by atoms with Crippen molar-refractivity contribution in [3.8, 4) is 0 Å². The Morgan fingerprint density at radius 2 is 1.32 bits per heavy atom. The van der Waals surface area contributed by atoms with Gasteiger partial charge in [-0.15, -0.1) is 6.58 Å². The summed E-state index contributed by atoms with van der Waals surface area (Å²) >= 11 is 0. The summed E-state index contributed by atoms with van der Waals surface area (Å²) in [6.45, 7) is 14.9. The summed E-state index contributed by atoms with van der Waals surface area (Å²) in [5, 5.41) is 0. The Labute approximate surface area is 122 Å². The Morgan fingerprint density at radius 3 is 1.79 bits per heavy atom. The minimum Gasteiger partial charge on any atom is -0.100 e. The molecule has 0 aromatic carbocycles. The van der Waals surface area contributed by atoms with E-state index in [4.69, 9.17) is 0 Å². The average molecular weight is 264 g/mol. The van der Waals surface area contributed by atoms with E-state index in [2.05, 4.69) is 33.9 Å². The zero-order valence-corrected chi connectivity index (χ0v) is 13.8. The summed E-state index contributed by atoms with van der Waals surface area (Å²) in [6.07, 6.45) is 15.0. The van der Waals surface area contributed by atoms with Crippen LogP contribution in [0.3, 0.4) is 0 Å². The van der Waals surface area contributed by atoms with Crippen LogP contribution in [0.2, 0.25) is 0 Å². The summed E-state index contributed by atoms with van der Waals surface area (Å²) in [5.74, 6) is 0.617. The summed E-state index contributed by atoms with van der Waals surface area (Å²) < 4.78 is 0. The van der Waals surface area contributed by atoms with Crippen molar-refractivity contribution in [2.45, 2.75) is 91.4 Å². The molecule has 0 heterocycles. The lowest BCUT2D eigenvalue weighted by Crippen LogP contribution is -1.99. The first-order chi connectivity index (χ1) is 9.07. The fourth-order valence-electron chi connectivity index (χ4n) is 2.58. The van der Waals surface area contributed by atoms with Crippen LogP contribution in [-0.4, -0.2) is 0 Å². The second kappa shape index (κ2) is 12.5. The van der Waals surface area contributed by atoms with Crippen LogP contribution in [-0.2, 0) is 0 Å². The molecule has 0 saturated carbocycles. The number of allylic oxidation sites excluding steroid dienone is 2. The highest BCUT2D eigenvalue weighted by atomic mass is 14.1. The smallest absolute Gasteiger partial charge is 0.0197 e. The second-order valence-corrected chi connectivity index (χ2v) is 6.30. The molecular formula is C19H36. The van der Waals surface area contributed by atoms with Gasteiger partial charge in [0.1, 0.15) is 0 Å². The molecule has 0 aliphatic heterocycles. The van der Waals surface area contributed by atoms with Crippen molar-refractivity contribution in [2.75, 3.05) is 0 Å². The molecule has 112 valence electrons. The molecule has 1 atom stereocenters. The molecule has 1 unspecified atom stereocenters. The molecule has 0 aliphatic carbocycles. The van der Waals surface area contributed by atoms with Gasteiger partial charge in [0.15, 0.2) is 0 Å². The van der Waals surface area contributed by atoms with Crippen LogP contribution in [0.15, 0.2) is 24.3 Å². The molecule has 0 aliphatic rings. The third kappa shape index (κ3) is 12.3. The SMILES string of the molecule is C=C(C)CC(C)C(=C)CCCCCCCCCCC. The Bertz CT molecular complexity index is 236. The van der Waals surface area contributed by atoms with Gasteiger partial charge in [-0.05, 0) is 32.1 Å². The minimum absolute atomic E-state index is 0.617. The van der Waals surface area contributed by atoms with E-state index in [9.17, 15) is 0 Å². The van der Waals surface area contributed by atoms with Crippen LogP contribution in [0, 0.1) is 5.92 Å². The van der Waals surface area contributed by atoms with Crippen molar-refractivity contribution in [3.63, 3.8) is 0 Å². The van der Waals surface area contributed by atoms with Crippen molar-refractivity contribution in [3.05, 3.63) is 24.3 Å². The van der Waals surface area contributed by atoms with Gasteiger partial charge in [0.2, 0.25) is 0 Å². The number of rotatable bonds is 13. The maximum Gasteiger partial charge on any atom is -0.0197 e. The van der Waals surface area contributed by atoms with E-state index in [1.165, 1.54) is 75.4 Å². The maximum atomic E-state index is 4.23. The lowest BCUT2D eigenvalue weighted by molar-refractivity contribution is 0.552. The Kier molecular flexibility index (Phi) is 12.2. The molecule has 0 heteroatoms. The highest BCUT2D eigenvalue weighted by Gasteiger charge is 2.06. The van der Waals surface area contributed by atoms with Crippen molar-refractivity contribution >= 4 is 0 Å². The molecular weight excluding hydrogens is 228 g/mol. The van der Waals surface area contributed by atoms with Gasteiger partial charge in [0, 0.05) is 0 Å². The topological polar surface area (TPSA) is 0 Å². The van der Waals surface area contributed by atoms with E-state index in [1.54, 1.807) is 0 Å². The van der Waals surface area contributed by atoms with Gasteiger partial charge in [0.25, 0.3) is 0 Å². The molecule has 0 aromatic heterocycles. The first kappa shape index (κ1) is 18.5. The Balaban J connectivity index is 3.34. The molecule has 0 nitrogen and oxygen atoms in total. The lowest BCUT2D eigenvalue weighted by atomic mass is 9.92. The predicted molar refractivity (Wildman–Crippen MR) is 89.6 cm³/mol. The van der Waals surface area contributed by atoms with E-state index in [1.807, 2.05) is 0 Å². The largest absolute Gasteiger partial charge is 0.100 e. The first-order valence-corrected chi connectivity index (χ1v) is 8.40. The molecule has 0 bridgehead atoms. The summed E-state index contributed by atoms with van der Waals surface area (Å²) in [7, 11) is 0. The van der Waals surface area contributed by atoms with Gasteiger partial charge in [-0.2, -0.15) is 0 Å². The highest BCUT2D eigenvalue weighted by molar-refractivity contribution is 5.04. The lowest BCUT2D eigenvalue weighted by Gasteiger charge is -2.14. The van der Waals surface area contributed by atoms with Gasteiger partial charge < -0.3 is 0 Å². The van der Waals surface area contributed by atoms with Crippen LogP contribution in [0.4, 0.5) is 0 Å². The normalized spacial score (nSPS) is 12.4. The number of hydrogen-bond acceptors (Lipinski definition) is 0. The summed E-state index contributed by atoms with van der Waals surface area (Å²) in [6, 6.07) is 0. The van der Waals surface area contributed by atoms with E-state index >= 15 is 0 Å². The monoisotopic (exact) mass is 264 g/mol. The molecule has 0 radical (unpaired) electrons. The van der Waals surface area contributed by atoms with Gasteiger partial charge in [-0.1, -0.05) is 82.9 Å². The van der Waals surface area contributed by atoms with E-state index in [-0.39, 0.29) is 0 Å². The maximum absolute atomic E-state index is 4.23. The average Bonchev–Trinajstić information content (AvgIpc) is 2.35. The van der Waals surface area contributed by atoms with Gasteiger partial charge in [0.05, 0.1) is 0 Å². The first-order valence-electron chi connectivity index (χ1n) is 8.40. The number of unbranched alkanes of at least 4 members (excludes halogenated alkanes) is 8. The quantitative estimate of drug-likeness (QED) is 0.246. The third-order valence-corrected chi connectivity index (χ3v) is 3.95.